The Morgan fingerprint density at radius 3 is 1.55 bits per heavy atom. The highest BCUT2D eigenvalue weighted by atomic mass is 28.3. The van der Waals surface area contributed by atoms with Gasteiger partial charge in [0, 0.05) is 27.6 Å². The first-order chi connectivity index (χ1) is 28.8. The molecule has 0 aliphatic carbocycles. The molecule has 58 heavy (non-hydrogen) atoms. The van der Waals surface area contributed by atoms with Crippen molar-refractivity contribution in [1.29, 1.82) is 0 Å². The van der Waals surface area contributed by atoms with Crippen molar-refractivity contribution in [2.24, 2.45) is 0 Å². The summed E-state index contributed by atoms with van der Waals surface area (Å²) in [6.45, 7) is 0. The van der Waals surface area contributed by atoms with Crippen molar-refractivity contribution in [3.63, 3.8) is 0 Å². The zero-order valence-corrected chi connectivity index (χ0v) is 32.9. The van der Waals surface area contributed by atoms with Crippen LogP contribution in [-0.4, -0.2) is 12.6 Å². The van der Waals surface area contributed by atoms with E-state index in [9.17, 15) is 0 Å². The molecule has 9 aromatic carbocycles. The van der Waals surface area contributed by atoms with Gasteiger partial charge < -0.3 is 9.30 Å². The molecule has 1 aromatic heterocycles. The molecule has 1 unspecified atom stereocenters. The summed E-state index contributed by atoms with van der Waals surface area (Å²) in [5, 5.41) is 7.60. The molecule has 2 heterocycles. The highest BCUT2D eigenvalue weighted by Gasteiger charge is 2.50. The summed E-state index contributed by atoms with van der Waals surface area (Å²) < 4.78 is 9.82. The summed E-state index contributed by atoms with van der Waals surface area (Å²) >= 11 is 0. The number of benzene rings is 9. The third-order valence-electron chi connectivity index (χ3n) is 12.3. The summed E-state index contributed by atoms with van der Waals surface area (Å²) in [5.41, 5.74) is 7.46. The molecule has 1 aliphatic rings. The standard InChI is InChI=1S/C55H39NOSi/c1-6-21-40(22-7-1)55(41-37-38-51-47(39-41)46-31-16-18-34-50(46)56(51)42-23-8-2-9-24-42)48-32-17-19-35-52(48)57-54-49(55)33-20-36-53(54)58(43-25-10-3-11-26-43,44-27-12-4-13-28-44)45-29-14-5-15-30-45/h1-39H. The lowest BCUT2D eigenvalue weighted by atomic mass is 9.63. The molecule has 0 saturated carbocycles. The predicted octanol–water partition coefficient (Wildman–Crippen LogP) is 10.6. The summed E-state index contributed by atoms with van der Waals surface area (Å²) in [4.78, 5) is 0. The van der Waals surface area contributed by atoms with E-state index in [1.54, 1.807) is 0 Å². The maximum atomic E-state index is 7.43. The highest BCUT2D eigenvalue weighted by Crippen LogP contribution is 2.55. The van der Waals surface area contributed by atoms with Crippen molar-refractivity contribution < 1.29 is 4.74 Å². The first-order valence-corrected chi connectivity index (χ1v) is 22.0. The molecule has 0 amide bonds. The van der Waals surface area contributed by atoms with Gasteiger partial charge in [0.25, 0.3) is 0 Å². The maximum absolute atomic E-state index is 7.43. The molecule has 0 saturated heterocycles. The topological polar surface area (TPSA) is 14.2 Å². The molecule has 0 bridgehead atoms. The van der Waals surface area contributed by atoms with Gasteiger partial charge in [0.1, 0.15) is 11.5 Å². The van der Waals surface area contributed by atoms with Gasteiger partial charge in [-0.2, -0.15) is 0 Å². The zero-order chi connectivity index (χ0) is 38.5. The van der Waals surface area contributed by atoms with Gasteiger partial charge >= 0.3 is 0 Å². The molecule has 0 fully saturated rings. The summed E-state index contributed by atoms with van der Waals surface area (Å²) in [5.74, 6) is 1.80. The van der Waals surface area contributed by atoms with E-state index in [4.69, 9.17) is 4.74 Å². The van der Waals surface area contributed by atoms with E-state index >= 15 is 0 Å². The van der Waals surface area contributed by atoms with E-state index in [0.29, 0.717) is 0 Å². The third-order valence-corrected chi connectivity index (χ3v) is 17.1. The minimum absolute atomic E-state index is 0.713. The Morgan fingerprint density at radius 2 is 0.897 bits per heavy atom. The molecule has 10 aromatic rings. The Kier molecular flexibility index (Phi) is 8.09. The van der Waals surface area contributed by atoms with Crippen LogP contribution in [-0.2, 0) is 5.41 Å². The average molecular weight is 758 g/mol. The van der Waals surface area contributed by atoms with Crippen LogP contribution in [0.25, 0.3) is 27.5 Å². The monoisotopic (exact) mass is 757 g/mol. The second-order valence-electron chi connectivity index (χ2n) is 15.2. The van der Waals surface area contributed by atoms with E-state index in [2.05, 4.69) is 241 Å². The number of para-hydroxylation sites is 4. The Morgan fingerprint density at radius 1 is 0.379 bits per heavy atom. The van der Waals surface area contributed by atoms with Gasteiger partial charge in [-0.15, -0.1) is 0 Å². The van der Waals surface area contributed by atoms with Gasteiger partial charge in [-0.3, -0.25) is 0 Å². The van der Waals surface area contributed by atoms with Crippen LogP contribution >= 0.6 is 0 Å². The van der Waals surface area contributed by atoms with Crippen LogP contribution in [0.15, 0.2) is 237 Å². The maximum Gasteiger partial charge on any atom is 0.183 e. The molecular weight excluding hydrogens is 719 g/mol. The van der Waals surface area contributed by atoms with Crippen LogP contribution in [0.4, 0.5) is 0 Å². The Labute approximate surface area is 339 Å². The quantitative estimate of drug-likeness (QED) is 0.117. The minimum Gasteiger partial charge on any atom is -0.457 e. The van der Waals surface area contributed by atoms with Crippen LogP contribution in [0.5, 0.6) is 11.5 Å². The second-order valence-corrected chi connectivity index (χ2v) is 18.9. The molecule has 2 nitrogen and oxygen atoms in total. The van der Waals surface area contributed by atoms with Crippen LogP contribution in [0, 0.1) is 0 Å². The molecule has 11 rings (SSSR count). The molecular formula is C55H39NOSi. The number of hydrogen-bond donors (Lipinski definition) is 0. The van der Waals surface area contributed by atoms with Crippen molar-refractivity contribution in [3.8, 4) is 17.2 Å². The first kappa shape index (κ1) is 34.1. The van der Waals surface area contributed by atoms with Crippen LogP contribution in [0.1, 0.15) is 22.3 Å². The highest BCUT2D eigenvalue weighted by molar-refractivity contribution is 7.20. The van der Waals surface area contributed by atoms with E-state index in [0.717, 1.165) is 28.3 Å². The van der Waals surface area contributed by atoms with Gasteiger partial charge in [0.2, 0.25) is 0 Å². The number of fused-ring (bicyclic) bond motifs is 5. The van der Waals surface area contributed by atoms with Gasteiger partial charge in [-0.1, -0.05) is 200 Å². The van der Waals surface area contributed by atoms with E-state index in [1.165, 1.54) is 53.7 Å². The molecule has 0 radical (unpaired) electrons. The largest absolute Gasteiger partial charge is 0.457 e. The Bertz CT molecular complexity index is 2970. The van der Waals surface area contributed by atoms with Crippen molar-refractivity contribution in [2.45, 2.75) is 5.41 Å². The van der Waals surface area contributed by atoms with Gasteiger partial charge in [-0.25, -0.2) is 0 Å². The first-order valence-electron chi connectivity index (χ1n) is 20.0. The third kappa shape index (κ3) is 4.97. The van der Waals surface area contributed by atoms with Crippen molar-refractivity contribution in [3.05, 3.63) is 259 Å². The molecule has 274 valence electrons. The number of hydrogen-bond acceptors (Lipinski definition) is 1. The number of aromatic nitrogens is 1. The number of ether oxygens (including phenoxy) is 1. The smallest absolute Gasteiger partial charge is 0.183 e. The van der Waals surface area contributed by atoms with Crippen LogP contribution in [0.2, 0.25) is 0 Å². The fraction of sp³-hybridized carbons (Fsp3) is 0.0182. The Balaban J connectivity index is 1.28. The van der Waals surface area contributed by atoms with E-state index in [1.807, 2.05) is 0 Å². The summed E-state index contributed by atoms with van der Waals surface area (Å²) in [7, 11) is -3.01. The van der Waals surface area contributed by atoms with Crippen molar-refractivity contribution in [1.82, 2.24) is 4.57 Å². The lowest BCUT2D eigenvalue weighted by Gasteiger charge is -2.44. The normalized spacial score (nSPS) is 14.8. The fourth-order valence-electron chi connectivity index (χ4n) is 9.93. The SMILES string of the molecule is c1ccc(-n2c3ccccc3c3cc(C4(c5ccccc5)c5ccccc5Oc5c4cccc5[Si](c4ccccc4)(c4ccccc4)c4ccccc4)ccc32)cc1. The average Bonchev–Trinajstić information content (AvgIpc) is 3.64. The van der Waals surface area contributed by atoms with Crippen LogP contribution in [0.3, 0.4) is 0 Å². The van der Waals surface area contributed by atoms with E-state index < -0.39 is 13.5 Å². The summed E-state index contributed by atoms with van der Waals surface area (Å²) in [6.07, 6.45) is 0. The molecule has 1 aliphatic heterocycles. The number of nitrogens with zero attached hydrogens (tertiary/aromatic N) is 1. The second kappa shape index (κ2) is 13.8. The molecule has 0 spiro atoms. The fourth-order valence-corrected chi connectivity index (χ4v) is 14.8. The summed E-state index contributed by atoms with van der Waals surface area (Å²) in [6, 6.07) is 86.8. The minimum atomic E-state index is -3.01. The van der Waals surface area contributed by atoms with Gasteiger partial charge in [0.15, 0.2) is 8.07 Å². The zero-order valence-electron chi connectivity index (χ0n) is 31.9. The van der Waals surface area contributed by atoms with Gasteiger partial charge in [-0.05, 0) is 68.3 Å². The number of rotatable bonds is 7. The van der Waals surface area contributed by atoms with Gasteiger partial charge in [0.05, 0.1) is 16.4 Å². The van der Waals surface area contributed by atoms with Crippen molar-refractivity contribution in [2.75, 3.05) is 0 Å². The van der Waals surface area contributed by atoms with Crippen molar-refractivity contribution >= 4 is 50.6 Å². The molecule has 1 atom stereocenters. The lowest BCUT2D eigenvalue weighted by molar-refractivity contribution is 0.438. The van der Waals surface area contributed by atoms with Crippen LogP contribution < -0.4 is 25.5 Å². The predicted molar refractivity (Wildman–Crippen MR) is 243 cm³/mol. The van der Waals surface area contributed by atoms with E-state index in [-0.39, 0.29) is 0 Å². The molecule has 0 N–H and O–H groups in total. The lowest BCUT2D eigenvalue weighted by Crippen LogP contribution is -2.75. The molecule has 3 heteroatoms. The Hall–Kier alpha value is -7.20.